The van der Waals surface area contributed by atoms with Gasteiger partial charge >= 0.3 is 5.97 Å². The van der Waals surface area contributed by atoms with Gasteiger partial charge in [-0.1, -0.05) is 17.7 Å². The molecule has 100 valence electrons. The number of benzene rings is 1. The Bertz CT molecular complexity index is 582. The number of hydrogen-bond acceptors (Lipinski definition) is 4. The molecule has 0 aliphatic carbocycles. The molecule has 0 unspecified atom stereocenters. The van der Waals surface area contributed by atoms with E-state index in [0.29, 0.717) is 6.42 Å². The fraction of sp³-hybridized carbons (Fsp3) is 0.273. The Labute approximate surface area is 112 Å². The van der Waals surface area contributed by atoms with Crippen LogP contribution in [0, 0.1) is 5.82 Å². The molecular weight excluding hydrogens is 275 g/mol. The number of nitrogens with zero attached hydrogens (tertiary/aromatic N) is 4. The molecule has 6 nitrogen and oxygen atoms in total. The van der Waals surface area contributed by atoms with Crippen molar-refractivity contribution in [3.63, 3.8) is 0 Å². The van der Waals surface area contributed by atoms with Crippen LogP contribution in [0.5, 0.6) is 0 Å². The predicted octanol–water partition coefficient (Wildman–Crippen LogP) is 2.00. The number of aromatic nitrogens is 4. The molecule has 2 aromatic rings. The van der Waals surface area contributed by atoms with E-state index in [9.17, 15) is 9.18 Å². The molecule has 1 heterocycles. The van der Waals surface area contributed by atoms with E-state index in [1.807, 2.05) is 0 Å². The van der Waals surface area contributed by atoms with Crippen LogP contribution in [0.3, 0.4) is 0 Å². The lowest BCUT2D eigenvalue weighted by atomic mass is 10.2. The average Bonchev–Trinajstić information content (AvgIpc) is 2.77. The third-order valence-electron chi connectivity index (χ3n) is 2.48. The molecule has 0 saturated carbocycles. The monoisotopic (exact) mass is 284 g/mol. The highest BCUT2D eigenvalue weighted by Gasteiger charge is 2.16. The fourth-order valence-electron chi connectivity index (χ4n) is 1.63. The predicted molar refractivity (Wildman–Crippen MR) is 65.1 cm³/mol. The smallest absolute Gasteiger partial charge is 0.303 e. The minimum Gasteiger partial charge on any atom is -0.481 e. The Hall–Kier alpha value is -2.02. The van der Waals surface area contributed by atoms with Crippen LogP contribution < -0.4 is 0 Å². The number of tetrazole rings is 1. The molecule has 0 amide bonds. The van der Waals surface area contributed by atoms with Gasteiger partial charge in [0.15, 0.2) is 5.82 Å². The minimum absolute atomic E-state index is 0.00962. The maximum atomic E-state index is 13.8. The maximum Gasteiger partial charge on any atom is 0.303 e. The van der Waals surface area contributed by atoms with Crippen molar-refractivity contribution in [3.8, 4) is 11.4 Å². The molecule has 0 spiro atoms. The number of carboxylic acid groups (broad SMARTS) is 1. The third-order valence-corrected chi connectivity index (χ3v) is 2.79. The zero-order chi connectivity index (χ0) is 13.8. The highest BCUT2D eigenvalue weighted by molar-refractivity contribution is 6.33. The first-order valence-corrected chi connectivity index (χ1v) is 5.89. The van der Waals surface area contributed by atoms with Gasteiger partial charge in [-0.25, -0.2) is 9.07 Å². The van der Waals surface area contributed by atoms with Crippen molar-refractivity contribution >= 4 is 17.6 Å². The van der Waals surface area contributed by atoms with Crippen LogP contribution in [0.1, 0.15) is 12.8 Å². The average molecular weight is 285 g/mol. The Kier molecular flexibility index (Phi) is 4.06. The number of aliphatic carboxylic acids is 1. The van der Waals surface area contributed by atoms with Crippen LogP contribution in [-0.4, -0.2) is 31.3 Å². The number of aryl methyl sites for hydroxylation is 1. The summed E-state index contributed by atoms with van der Waals surface area (Å²) in [6, 6.07) is 4.29. The topological polar surface area (TPSA) is 80.9 Å². The summed E-state index contributed by atoms with van der Waals surface area (Å²) < 4.78 is 15.1. The first-order chi connectivity index (χ1) is 9.09. The summed E-state index contributed by atoms with van der Waals surface area (Å²) in [4.78, 5) is 10.4. The van der Waals surface area contributed by atoms with Gasteiger partial charge in [0.25, 0.3) is 0 Å². The molecule has 0 saturated heterocycles. The molecule has 8 heteroatoms. The van der Waals surface area contributed by atoms with E-state index < -0.39 is 11.8 Å². The van der Waals surface area contributed by atoms with Gasteiger partial charge in [0, 0.05) is 13.0 Å². The molecule has 0 fully saturated rings. The summed E-state index contributed by atoms with van der Waals surface area (Å²) in [7, 11) is 0. The molecule has 1 aromatic carbocycles. The Balaban J connectivity index is 2.26. The lowest BCUT2D eigenvalue weighted by molar-refractivity contribution is -0.137. The van der Waals surface area contributed by atoms with Crippen LogP contribution in [0.15, 0.2) is 18.2 Å². The number of carbonyl (C=O) groups is 1. The summed E-state index contributed by atoms with van der Waals surface area (Å²) in [5.74, 6) is -1.24. The van der Waals surface area contributed by atoms with E-state index >= 15 is 0 Å². The molecule has 0 radical (unpaired) electrons. The van der Waals surface area contributed by atoms with Gasteiger partial charge in [-0.05, 0) is 29.0 Å². The van der Waals surface area contributed by atoms with Crippen molar-refractivity contribution in [1.82, 2.24) is 20.2 Å². The molecular formula is C11H10ClFN4O2. The van der Waals surface area contributed by atoms with Gasteiger partial charge in [-0.15, -0.1) is 5.10 Å². The van der Waals surface area contributed by atoms with E-state index in [-0.39, 0.29) is 29.4 Å². The fourth-order valence-corrected chi connectivity index (χ4v) is 1.87. The second-order valence-corrected chi connectivity index (χ2v) is 4.23. The van der Waals surface area contributed by atoms with Crippen molar-refractivity contribution in [2.24, 2.45) is 0 Å². The minimum atomic E-state index is -0.904. The maximum absolute atomic E-state index is 13.8. The number of carboxylic acids is 1. The van der Waals surface area contributed by atoms with Gasteiger partial charge in [0.1, 0.15) is 5.82 Å². The Morgan fingerprint density at radius 3 is 2.95 bits per heavy atom. The molecule has 1 aromatic heterocycles. The zero-order valence-electron chi connectivity index (χ0n) is 9.75. The van der Waals surface area contributed by atoms with Crippen molar-refractivity contribution in [2.45, 2.75) is 19.4 Å². The summed E-state index contributed by atoms with van der Waals surface area (Å²) in [6.45, 7) is 0.277. The zero-order valence-corrected chi connectivity index (χ0v) is 10.5. The van der Waals surface area contributed by atoms with Crippen molar-refractivity contribution in [2.75, 3.05) is 0 Å². The third kappa shape index (κ3) is 3.05. The Morgan fingerprint density at radius 1 is 1.47 bits per heavy atom. The molecule has 0 aliphatic heterocycles. The molecule has 0 aliphatic rings. The van der Waals surface area contributed by atoms with Gasteiger partial charge in [0.2, 0.25) is 0 Å². The first-order valence-electron chi connectivity index (χ1n) is 5.52. The van der Waals surface area contributed by atoms with Crippen LogP contribution in [0.25, 0.3) is 11.4 Å². The molecule has 19 heavy (non-hydrogen) atoms. The standard InChI is InChI=1S/C11H10ClFN4O2/c12-7-3-1-4-8(13)10(7)11-14-15-16-17(11)6-2-5-9(18)19/h1,3-4H,2,5-6H2,(H,18,19). The van der Waals surface area contributed by atoms with E-state index in [4.69, 9.17) is 16.7 Å². The van der Waals surface area contributed by atoms with E-state index in [2.05, 4.69) is 15.5 Å². The second-order valence-electron chi connectivity index (χ2n) is 3.82. The van der Waals surface area contributed by atoms with Crippen LogP contribution in [0.4, 0.5) is 4.39 Å². The van der Waals surface area contributed by atoms with Gasteiger partial charge < -0.3 is 5.11 Å². The summed E-state index contributed by atoms with van der Waals surface area (Å²) >= 11 is 5.93. The van der Waals surface area contributed by atoms with Crippen molar-refractivity contribution in [3.05, 3.63) is 29.0 Å². The quantitative estimate of drug-likeness (QED) is 0.908. The lowest BCUT2D eigenvalue weighted by Crippen LogP contribution is -2.06. The molecule has 0 bridgehead atoms. The highest BCUT2D eigenvalue weighted by atomic mass is 35.5. The number of rotatable bonds is 5. The first kappa shape index (κ1) is 13.4. The van der Waals surface area contributed by atoms with Crippen LogP contribution in [-0.2, 0) is 11.3 Å². The molecule has 2 rings (SSSR count). The highest BCUT2D eigenvalue weighted by Crippen LogP contribution is 2.28. The summed E-state index contributed by atoms with van der Waals surface area (Å²) in [5, 5.41) is 19.7. The van der Waals surface area contributed by atoms with Crippen molar-refractivity contribution < 1.29 is 14.3 Å². The Morgan fingerprint density at radius 2 is 2.26 bits per heavy atom. The summed E-state index contributed by atoms with van der Waals surface area (Å²) in [5.41, 5.74) is 0.115. The lowest BCUT2D eigenvalue weighted by Gasteiger charge is -2.06. The van der Waals surface area contributed by atoms with E-state index in [1.165, 1.54) is 22.9 Å². The SMILES string of the molecule is O=C(O)CCCn1nnnc1-c1c(F)cccc1Cl. The van der Waals surface area contributed by atoms with Crippen molar-refractivity contribution in [1.29, 1.82) is 0 Å². The van der Waals surface area contributed by atoms with Crippen LogP contribution >= 0.6 is 11.6 Å². The normalized spacial score (nSPS) is 10.6. The number of hydrogen-bond donors (Lipinski definition) is 1. The molecule has 1 N–H and O–H groups in total. The van der Waals surface area contributed by atoms with E-state index in [1.54, 1.807) is 0 Å². The van der Waals surface area contributed by atoms with Crippen LogP contribution in [0.2, 0.25) is 5.02 Å². The largest absolute Gasteiger partial charge is 0.481 e. The van der Waals surface area contributed by atoms with Gasteiger partial charge in [-0.2, -0.15) is 0 Å². The molecule has 0 atom stereocenters. The second kappa shape index (κ2) is 5.75. The summed E-state index contributed by atoms with van der Waals surface area (Å²) in [6.07, 6.45) is 0.337. The van der Waals surface area contributed by atoms with Gasteiger partial charge in [-0.3, -0.25) is 4.79 Å². The van der Waals surface area contributed by atoms with Gasteiger partial charge in [0.05, 0.1) is 10.6 Å². The van der Waals surface area contributed by atoms with E-state index in [0.717, 1.165) is 0 Å². The number of halogens is 2.